The number of aryl methyl sites for hydroxylation is 1. The van der Waals surface area contributed by atoms with E-state index in [1.165, 1.54) is 75.1 Å². The number of ether oxygens (including phenoxy) is 2. The number of likely N-dealkylation sites (N-methyl/N-ethyl adjacent to an activating group) is 8. The van der Waals surface area contributed by atoms with Gasteiger partial charge in [-0.3, -0.25) is 62.3 Å². The number of carbonyl (C=O) groups excluding carboxylic acids is 13. The smallest absolute Gasteiger partial charge is 0.379 e. The van der Waals surface area contributed by atoms with Gasteiger partial charge in [-0.2, -0.15) is 13.2 Å². The Morgan fingerprint density at radius 3 is 1.74 bits per heavy atom. The number of amides is 13. The summed E-state index contributed by atoms with van der Waals surface area (Å²) < 4.78 is 53.5. The number of halogens is 4. The molecule has 2 aliphatic rings. The highest BCUT2D eigenvalue weighted by molar-refractivity contribution is 6.31. The van der Waals surface area contributed by atoms with Crippen LogP contribution in [-0.2, 0) is 84.4 Å². The SMILES string of the molecule is CC[C@H](C)[C@@H]1NC(=O)[C@H](CC(C)C)N(C)C(=O)C[C@@H](C(=O)N2CCCCC2)N(C)C(=O)[C@H](CC(C)C)N(C)C(=O)C(C)(C)NC(=O)[C@H](COCC(=O)NC(C)(C)C)N(C)C(=O)[C@H](CCc2ccc(C(F)(F)F)c(Cl)c2)NC(=O)CN(C)C(=O)[C@H](COCCC(C)C)N(C)C(=O)CN(C)C(=O)CN(C)C1=O. The van der Waals surface area contributed by atoms with Crippen molar-refractivity contribution in [2.45, 2.75) is 214 Å². The number of hydrogen-bond donors (Lipinski definition) is 4. The first kappa shape index (κ1) is 91.5. The Balaban J connectivity index is 2.39. The number of rotatable bonds is 19. The minimum absolute atomic E-state index is 0.00903. The molecule has 28 nitrogen and oxygen atoms in total. The Hall–Kier alpha value is -7.67. The van der Waals surface area contributed by atoms with Gasteiger partial charge < -0.3 is 74.8 Å². The molecule has 1 aromatic carbocycles. The van der Waals surface area contributed by atoms with Crippen LogP contribution in [0.15, 0.2) is 18.2 Å². The highest BCUT2D eigenvalue weighted by atomic mass is 35.5. The predicted octanol–water partition coefficient (Wildman–Crippen LogP) is 4.21. The van der Waals surface area contributed by atoms with Gasteiger partial charge in [0.1, 0.15) is 54.4 Å². The normalized spacial score (nSPS) is 23.2. The van der Waals surface area contributed by atoms with E-state index < -0.39 is 199 Å². The van der Waals surface area contributed by atoms with Crippen LogP contribution in [0.1, 0.15) is 159 Å². The molecule has 2 heterocycles. The zero-order valence-electron chi connectivity index (χ0n) is 65.7. The van der Waals surface area contributed by atoms with Gasteiger partial charge in [-0.15, -0.1) is 0 Å². The molecule has 0 aromatic heterocycles. The summed E-state index contributed by atoms with van der Waals surface area (Å²) in [5.74, 6) is -11.2. The van der Waals surface area contributed by atoms with E-state index in [2.05, 4.69) is 21.3 Å². The fourth-order valence-electron chi connectivity index (χ4n) is 12.2. The van der Waals surface area contributed by atoms with Gasteiger partial charge in [0.2, 0.25) is 76.8 Å². The van der Waals surface area contributed by atoms with E-state index in [1.54, 1.807) is 53.4 Å². The van der Waals surface area contributed by atoms with Crippen molar-refractivity contribution in [1.82, 2.24) is 65.4 Å². The summed E-state index contributed by atoms with van der Waals surface area (Å²) in [5, 5.41) is 10.2. The van der Waals surface area contributed by atoms with Gasteiger partial charge in [0.05, 0.1) is 49.9 Å². The van der Waals surface area contributed by atoms with E-state index in [4.69, 9.17) is 21.1 Å². The van der Waals surface area contributed by atoms with E-state index >= 15 is 19.2 Å². The van der Waals surface area contributed by atoms with Gasteiger partial charge in [0.15, 0.2) is 0 Å². The molecule has 0 radical (unpaired) electrons. The molecule has 2 aliphatic heterocycles. The average Bonchev–Trinajstić information content (AvgIpc) is 0.805. The van der Waals surface area contributed by atoms with Crippen molar-refractivity contribution in [3.8, 4) is 0 Å². The second-order valence-electron chi connectivity index (χ2n) is 30.9. The standard InChI is InChI=1S/C73H119ClF3N13O15/c1-22-47(8)62-69(102)84(16)39-60(94)82(14)40-61(95)86(18)56(42-104-33-30-44(2)3)66(99)83(15)38-57(91)78-51(29-27-48-26-28-49(50(74)36-48)73(75,76)77)65(98)88(20)55(41-105-43-58(92)80-71(9,10)11)64(97)81-72(12,13)70(103)89(21)53(35-46(6)7)67(100)87(19)54(68(101)90-31-24-23-25-32-90)37-59(93)85(17)52(34-45(4)5)63(96)79-62/h26,28,36,44-47,51-56,62H,22-25,27,29-35,37-43H2,1-21H3,(H,78,91)(H,79,96)(H,80,92)(H,81,97)/t47-,51-,52-,53-,54-,55-,56-,62-/m0/s1. The van der Waals surface area contributed by atoms with Crippen LogP contribution in [0.25, 0.3) is 0 Å². The van der Waals surface area contributed by atoms with E-state index in [1.807, 2.05) is 27.7 Å². The van der Waals surface area contributed by atoms with Gasteiger partial charge in [0, 0.05) is 81.6 Å². The summed E-state index contributed by atoms with van der Waals surface area (Å²) in [6.07, 6.45) is -2.97. The molecule has 594 valence electrons. The third kappa shape index (κ3) is 27.9. The van der Waals surface area contributed by atoms with Gasteiger partial charge >= 0.3 is 6.18 Å². The first-order valence-electron chi connectivity index (χ1n) is 36.1. The van der Waals surface area contributed by atoms with Crippen LogP contribution in [0, 0.1) is 23.7 Å². The molecular weight excluding hydrogens is 1390 g/mol. The minimum Gasteiger partial charge on any atom is -0.379 e. The van der Waals surface area contributed by atoms with E-state index in [9.17, 15) is 56.3 Å². The Bertz CT molecular complexity index is 3200. The third-order valence-electron chi connectivity index (χ3n) is 18.9. The number of carbonyl (C=O) groups is 13. The number of nitrogens with zero attached hydrogens (tertiary/aromatic N) is 9. The number of likely N-dealkylation sites (tertiary alicyclic amines) is 1. The minimum atomic E-state index is -4.83. The van der Waals surface area contributed by atoms with Gasteiger partial charge in [-0.25, -0.2) is 0 Å². The largest absolute Gasteiger partial charge is 0.417 e. The van der Waals surface area contributed by atoms with Crippen LogP contribution in [0.3, 0.4) is 0 Å². The van der Waals surface area contributed by atoms with Crippen LogP contribution in [-0.4, -0.2) is 290 Å². The molecule has 0 spiro atoms. The molecule has 0 saturated carbocycles. The molecular formula is C73H119ClF3N13O15. The summed E-state index contributed by atoms with van der Waals surface area (Å²) in [5.41, 5.74) is -3.66. The molecule has 2 saturated heterocycles. The fraction of sp³-hybridized carbons (Fsp3) is 0.740. The lowest BCUT2D eigenvalue weighted by Crippen LogP contribution is -2.64. The van der Waals surface area contributed by atoms with Gasteiger partial charge in [-0.05, 0) is 127 Å². The van der Waals surface area contributed by atoms with Crippen LogP contribution < -0.4 is 21.3 Å². The lowest BCUT2D eigenvalue weighted by atomic mass is 9.95. The quantitative estimate of drug-likeness (QED) is 0.141. The van der Waals surface area contributed by atoms with Crippen molar-refractivity contribution < 1.29 is 85.0 Å². The Morgan fingerprint density at radius 2 is 1.19 bits per heavy atom. The molecule has 0 aliphatic carbocycles. The maximum Gasteiger partial charge on any atom is 0.417 e. The van der Waals surface area contributed by atoms with Crippen molar-refractivity contribution in [2.75, 3.05) is 116 Å². The number of nitrogens with one attached hydrogen (secondary N) is 4. The molecule has 3 rings (SSSR count). The molecule has 0 bridgehead atoms. The first-order valence-corrected chi connectivity index (χ1v) is 36.5. The van der Waals surface area contributed by atoms with Crippen molar-refractivity contribution >= 4 is 88.4 Å². The van der Waals surface area contributed by atoms with Crippen LogP contribution in [0.4, 0.5) is 13.2 Å². The monoisotopic (exact) mass is 1510 g/mol. The summed E-state index contributed by atoms with van der Waals surface area (Å²) in [7, 11) is 10.4. The molecule has 2 fully saturated rings. The Morgan fingerprint density at radius 1 is 0.629 bits per heavy atom. The second kappa shape index (κ2) is 40.9. The highest BCUT2D eigenvalue weighted by Crippen LogP contribution is 2.35. The summed E-state index contributed by atoms with van der Waals surface area (Å²) in [4.78, 5) is 201. The molecule has 1 aromatic rings. The number of hydrogen-bond acceptors (Lipinski definition) is 15. The highest BCUT2D eigenvalue weighted by Gasteiger charge is 2.45. The van der Waals surface area contributed by atoms with E-state index in [0.29, 0.717) is 38.8 Å². The fourth-order valence-corrected chi connectivity index (χ4v) is 12.5. The zero-order valence-corrected chi connectivity index (χ0v) is 66.4. The average molecular weight is 1510 g/mol. The van der Waals surface area contributed by atoms with Gasteiger partial charge in [-0.1, -0.05) is 79.5 Å². The third-order valence-corrected chi connectivity index (χ3v) is 19.2. The first-order chi connectivity index (χ1) is 48.6. The molecule has 0 unspecified atom stereocenters. The second-order valence-corrected chi connectivity index (χ2v) is 31.3. The van der Waals surface area contributed by atoms with E-state index in [0.717, 1.165) is 58.9 Å². The van der Waals surface area contributed by atoms with Gasteiger partial charge in [0.25, 0.3) is 0 Å². The predicted molar refractivity (Wildman–Crippen MR) is 389 cm³/mol. The summed E-state index contributed by atoms with van der Waals surface area (Å²) >= 11 is 6.14. The van der Waals surface area contributed by atoms with Crippen molar-refractivity contribution in [3.63, 3.8) is 0 Å². The summed E-state index contributed by atoms with van der Waals surface area (Å²) in [6.45, 7) is 19.5. The molecule has 105 heavy (non-hydrogen) atoms. The topological polar surface area (TPSA) is 318 Å². The number of piperidine rings is 1. The molecule has 8 atom stereocenters. The van der Waals surface area contributed by atoms with Crippen molar-refractivity contribution in [2.24, 2.45) is 23.7 Å². The maximum absolute atomic E-state index is 15.4. The zero-order chi connectivity index (χ0) is 80.1. The maximum atomic E-state index is 15.4. The lowest BCUT2D eigenvalue weighted by Gasteiger charge is -2.40. The molecule has 13 amide bonds. The van der Waals surface area contributed by atoms with Crippen molar-refractivity contribution in [3.05, 3.63) is 34.3 Å². The van der Waals surface area contributed by atoms with Crippen molar-refractivity contribution in [1.29, 1.82) is 0 Å². The number of alkyl halides is 3. The number of benzene rings is 1. The van der Waals surface area contributed by atoms with Crippen LogP contribution in [0.2, 0.25) is 5.02 Å². The molecule has 4 N–H and O–H groups in total. The molecule has 32 heteroatoms. The summed E-state index contributed by atoms with van der Waals surface area (Å²) in [6, 6.07) is -7.28. The van der Waals surface area contributed by atoms with Crippen LogP contribution >= 0.6 is 11.6 Å². The Labute approximate surface area is 623 Å². The van der Waals surface area contributed by atoms with Crippen LogP contribution in [0.5, 0.6) is 0 Å². The van der Waals surface area contributed by atoms with E-state index in [-0.39, 0.29) is 55.6 Å². The Kier molecular flexibility index (Phi) is 35.6. The lowest BCUT2D eigenvalue weighted by molar-refractivity contribution is -0.155.